The largest absolute Gasteiger partial charge is 0.392 e. The van der Waals surface area contributed by atoms with E-state index in [0.717, 1.165) is 12.1 Å². The molecule has 0 fully saturated rings. The van der Waals surface area contributed by atoms with Gasteiger partial charge in [-0.1, -0.05) is 6.07 Å². The molecule has 3 aromatic rings. The number of anilines is 1. The Morgan fingerprint density at radius 2 is 2.00 bits per heavy atom. The van der Waals surface area contributed by atoms with Gasteiger partial charge in [0.2, 0.25) is 0 Å². The summed E-state index contributed by atoms with van der Waals surface area (Å²) in [6.45, 7) is -0.183. The molecule has 0 atom stereocenters. The summed E-state index contributed by atoms with van der Waals surface area (Å²) in [4.78, 5) is 4.31. The Morgan fingerprint density at radius 1 is 1.20 bits per heavy atom. The summed E-state index contributed by atoms with van der Waals surface area (Å²) in [7, 11) is 0. The number of nitrogens with zero attached hydrogens (tertiary/aromatic N) is 2. The fraction of sp³-hybridized carbons (Fsp3) is 0.0714. The fourth-order valence-corrected chi connectivity index (χ4v) is 2.12. The number of halogens is 2. The van der Waals surface area contributed by atoms with Crippen LogP contribution in [-0.4, -0.2) is 14.5 Å². The second-order valence-corrected chi connectivity index (χ2v) is 4.36. The predicted molar refractivity (Wildman–Crippen MR) is 70.9 cm³/mol. The number of aliphatic hydroxyl groups excluding tert-OH is 1. The van der Waals surface area contributed by atoms with E-state index in [1.807, 2.05) is 0 Å². The second-order valence-electron chi connectivity index (χ2n) is 4.36. The smallest absolute Gasteiger partial charge is 0.159 e. The number of fused-ring (bicyclic) bond motifs is 1. The van der Waals surface area contributed by atoms with Crippen molar-refractivity contribution in [1.29, 1.82) is 0 Å². The molecule has 0 radical (unpaired) electrons. The van der Waals surface area contributed by atoms with Crippen LogP contribution < -0.4 is 5.73 Å². The van der Waals surface area contributed by atoms with Crippen molar-refractivity contribution in [2.45, 2.75) is 6.61 Å². The van der Waals surface area contributed by atoms with Crippen LogP contribution in [0.2, 0.25) is 0 Å². The number of rotatable bonds is 2. The molecule has 102 valence electrons. The van der Waals surface area contributed by atoms with E-state index in [9.17, 15) is 13.9 Å². The molecule has 0 spiro atoms. The third-order valence-corrected chi connectivity index (χ3v) is 3.13. The number of aliphatic hydroxyl groups is 1. The van der Waals surface area contributed by atoms with Gasteiger partial charge in [0.1, 0.15) is 17.2 Å². The van der Waals surface area contributed by atoms with Gasteiger partial charge in [-0.2, -0.15) is 0 Å². The van der Waals surface area contributed by atoms with E-state index in [0.29, 0.717) is 28.3 Å². The highest BCUT2D eigenvalue weighted by atomic mass is 19.2. The zero-order valence-corrected chi connectivity index (χ0v) is 10.3. The number of benzene rings is 1. The van der Waals surface area contributed by atoms with Crippen molar-refractivity contribution < 1.29 is 13.9 Å². The van der Waals surface area contributed by atoms with Crippen molar-refractivity contribution >= 4 is 11.5 Å². The van der Waals surface area contributed by atoms with Gasteiger partial charge in [0.15, 0.2) is 11.6 Å². The Hall–Kier alpha value is -2.47. The molecule has 0 saturated heterocycles. The van der Waals surface area contributed by atoms with Crippen LogP contribution in [0.4, 0.5) is 14.6 Å². The van der Waals surface area contributed by atoms with E-state index in [-0.39, 0.29) is 6.61 Å². The molecule has 0 aliphatic heterocycles. The lowest BCUT2D eigenvalue weighted by atomic mass is 10.1. The van der Waals surface area contributed by atoms with E-state index in [2.05, 4.69) is 4.98 Å². The predicted octanol–water partition coefficient (Wildman–Crippen LogP) is 2.35. The number of pyridine rings is 1. The molecule has 0 bridgehead atoms. The van der Waals surface area contributed by atoms with Crippen LogP contribution in [0, 0.1) is 11.6 Å². The van der Waals surface area contributed by atoms with Crippen molar-refractivity contribution in [3.05, 3.63) is 53.7 Å². The van der Waals surface area contributed by atoms with Gasteiger partial charge in [0, 0.05) is 17.3 Å². The zero-order chi connectivity index (χ0) is 14.3. The summed E-state index contributed by atoms with van der Waals surface area (Å²) in [5.41, 5.74) is 7.82. The zero-order valence-electron chi connectivity index (χ0n) is 10.3. The Morgan fingerprint density at radius 3 is 2.70 bits per heavy atom. The third-order valence-electron chi connectivity index (χ3n) is 3.13. The number of aromatic nitrogens is 2. The first-order valence-electron chi connectivity index (χ1n) is 5.93. The summed E-state index contributed by atoms with van der Waals surface area (Å²) in [6.07, 6.45) is 1.69. The summed E-state index contributed by atoms with van der Waals surface area (Å²) >= 11 is 0. The van der Waals surface area contributed by atoms with E-state index in [4.69, 9.17) is 5.73 Å². The Labute approximate surface area is 113 Å². The highest BCUT2D eigenvalue weighted by Crippen LogP contribution is 2.28. The van der Waals surface area contributed by atoms with Gasteiger partial charge in [-0.25, -0.2) is 13.8 Å². The standard InChI is InChI=1S/C14H11F2N3O/c15-10-4-3-8(6-11(10)16)12-13(17)19-5-1-2-9(7-20)14(19)18-12/h1-6,20H,7,17H2. The molecule has 3 rings (SSSR count). The topological polar surface area (TPSA) is 63.5 Å². The monoisotopic (exact) mass is 275 g/mol. The molecular weight excluding hydrogens is 264 g/mol. The number of hydrogen-bond donors (Lipinski definition) is 2. The van der Waals surface area contributed by atoms with Crippen molar-refractivity contribution in [2.24, 2.45) is 0 Å². The molecule has 0 aliphatic carbocycles. The maximum atomic E-state index is 13.3. The minimum atomic E-state index is -0.957. The number of nitrogen functional groups attached to an aromatic ring is 1. The molecular formula is C14H11F2N3O. The Bertz CT molecular complexity index is 798. The lowest BCUT2D eigenvalue weighted by Crippen LogP contribution is -1.96. The Kier molecular flexibility index (Phi) is 2.87. The number of imidazole rings is 1. The van der Waals surface area contributed by atoms with Gasteiger partial charge in [-0.15, -0.1) is 0 Å². The highest BCUT2D eigenvalue weighted by Gasteiger charge is 2.15. The molecule has 1 aromatic carbocycles. The summed E-state index contributed by atoms with van der Waals surface area (Å²) < 4.78 is 27.9. The van der Waals surface area contributed by atoms with Gasteiger partial charge in [0.05, 0.1) is 6.61 Å². The molecule has 6 heteroatoms. The van der Waals surface area contributed by atoms with Crippen LogP contribution >= 0.6 is 0 Å². The first-order valence-corrected chi connectivity index (χ1v) is 5.93. The maximum Gasteiger partial charge on any atom is 0.159 e. The van der Waals surface area contributed by atoms with Crippen LogP contribution in [0.15, 0.2) is 36.5 Å². The number of hydrogen-bond acceptors (Lipinski definition) is 3. The van der Waals surface area contributed by atoms with Gasteiger partial charge in [0.25, 0.3) is 0 Å². The maximum absolute atomic E-state index is 13.3. The SMILES string of the molecule is Nc1c(-c2ccc(F)c(F)c2)nc2c(CO)cccn12. The summed E-state index contributed by atoms with van der Waals surface area (Å²) in [6, 6.07) is 6.94. The van der Waals surface area contributed by atoms with E-state index >= 15 is 0 Å². The molecule has 2 aromatic heterocycles. The van der Waals surface area contributed by atoms with Crippen molar-refractivity contribution in [1.82, 2.24) is 9.38 Å². The van der Waals surface area contributed by atoms with Gasteiger partial charge in [-0.05, 0) is 24.3 Å². The van der Waals surface area contributed by atoms with Gasteiger partial charge < -0.3 is 10.8 Å². The van der Waals surface area contributed by atoms with Crippen molar-refractivity contribution in [3.8, 4) is 11.3 Å². The molecule has 0 unspecified atom stereocenters. The van der Waals surface area contributed by atoms with Gasteiger partial charge >= 0.3 is 0 Å². The first-order chi connectivity index (χ1) is 9.61. The fourth-order valence-electron chi connectivity index (χ4n) is 2.12. The Balaban J connectivity index is 2.26. The number of nitrogens with two attached hydrogens (primary N) is 1. The first kappa shape index (κ1) is 12.6. The van der Waals surface area contributed by atoms with E-state index in [1.54, 1.807) is 22.7 Å². The molecule has 0 aliphatic rings. The summed E-state index contributed by atoms with van der Waals surface area (Å²) in [5, 5.41) is 9.28. The van der Waals surface area contributed by atoms with Crippen molar-refractivity contribution in [2.75, 3.05) is 5.73 Å². The second kappa shape index (κ2) is 4.57. The van der Waals surface area contributed by atoms with Gasteiger partial charge in [-0.3, -0.25) is 4.40 Å². The third kappa shape index (κ3) is 1.81. The molecule has 0 saturated carbocycles. The van der Waals surface area contributed by atoms with Crippen LogP contribution in [0.5, 0.6) is 0 Å². The average Bonchev–Trinajstić information content (AvgIpc) is 2.79. The molecule has 3 N–H and O–H groups in total. The van der Waals surface area contributed by atoms with Crippen LogP contribution in [0.3, 0.4) is 0 Å². The van der Waals surface area contributed by atoms with Crippen LogP contribution in [-0.2, 0) is 6.61 Å². The lowest BCUT2D eigenvalue weighted by Gasteiger charge is -2.01. The molecule has 20 heavy (non-hydrogen) atoms. The van der Waals surface area contributed by atoms with Crippen LogP contribution in [0.25, 0.3) is 16.9 Å². The average molecular weight is 275 g/mol. The quantitative estimate of drug-likeness (QED) is 0.754. The summed E-state index contributed by atoms with van der Waals surface area (Å²) in [5.74, 6) is -1.57. The molecule has 0 amide bonds. The van der Waals surface area contributed by atoms with E-state index < -0.39 is 11.6 Å². The van der Waals surface area contributed by atoms with Crippen LogP contribution in [0.1, 0.15) is 5.56 Å². The normalized spacial score (nSPS) is 11.2. The minimum absolute atomic E-state index is 0.183. The lowest BCUT2D eigenvalue weighted by molar-refractivity contribution is 0.282. The van der Waals surface area contributed by atoms with E-state index in [1.165, 1.54) is 6.07 Å². The highest BCUT2D eigenvalue weighted by molar-refractivity contribution is 5.75. The molecule has 4 nitrogen and oxygen atoms in total. The van der Waals surface area contributed by atoms with Crippen molar-refractivity contribution in [3.63, 3.8) is 0 Å². The molecule has 2 heterocycles. The minimum Gasteiger partial charge on any atom is -0.392 e.